The van der Waals surface area contributed by atoms with E-state index in [9.17, 15) is 0 Å². The molecule has 0 amide bonds. The molecule has 2 aromatic rings. The summed E-state index contributed by atoms with van der Waals surface area (Å²) in [5.74, 6) is 0. The predicted octanol–water partition coefficient (Wildman–Crippen LogP) is 3.20. The number of aromatic nitrogens is 1. The van der Waals surface area contributed by atoms with Crippen LogP contribution in [0.4, 0.5) is 0 Å². The van der Waals surface area contributed by atoms with Crippen LogP contribution in [0.25, 0.3) is 10.8 Å². The summed E-state index contributed by atoms with van der Waals surface area (Å²) in [5.41, 5.74) is 1.21. The molecule has 0 saturated heterocycles. The van der Waals surface area contributed by atoms with E-state index in [0.717, 1.165) is 15.8 Å². The van der Waals surface area contributed by atoms with Crippen LogP contribution in [0.2, 0.25) is 5.02 Å². The summed E-state index contributed by atoms with van der Waals surface area (Å²) < 4.78 is 0. The third kappa shape index (κ3) is 1.07. The Bertz CT molecular complexity index is 383. The first-order valence-corrected chi connectivity index (χ1v) is 4.15. The Morgan fingerprint density at radius 3 is 2.75 bits per heavy atom. The fourth-order valence-corrected chi connectivity index (χ4v) is 1.52. The first kappa shape index (κ1) is 7.56. The minimum atomic E-state index is 0.790. The van der Waals surface area contributed by atoms with Crippen molar-refractivity contribution < 1.29 is 0 Å². The molecular weight excluding hydrogens is 170 g/mol. The molecule has 0 spiro atoms. The number of rotatable bonds is 0. The van der Waals surface area contributed by atoms with Crippen molar-refractivity contribution in [1.29, 1.82) is 0 Å². The maximum Gasteiger partial charge on any atom is 0.0485 e. The molecule has 0 atom stereocenters. The van der Waals surface area contributed by atoms with Crippen molar-refractivity contribution in [3.63, 3.8) is 0 Å². The normalized spacial score (nSPS) is 10.5. The van der Waals surface area contributed by atoms with E-state index in [1.54, 1.807) is 6.20 Å². The molecule has 2 heteroatoms. The van der Waals surface area contributed by atoms with Gasteiger partial charge in [0.25, 0.3) is 0 Å². The van der Waals surface area contributed by atoms with Gasteiger partial charge in [-0.1, -0.05) is 17.7 Å². The lowest BCUT2D eigenvalue weighted by Gasteiger charge is -2.01. The van der Waals surface area contributed by atoms with Crippen molar-refractivity contribution in [2.24, 2.45) is 0 Å². The number of benzene rings is 1. The molecule has 0 unspecified atom stereocenters. The van der Waals surface area contributed by atoms with Crippen LogP contribution in [-0.2, 0) is 0 Å². The summed E-state index contributed by atoms with van der Waals surface area (Å²) in [6.45, 7) is 2.06. The Labute approximate surface area is 76.0 Å². The van der Waals surface area contributed by atoms with Crippen LogP contribution in [-0.4, -0.2) is 4.98 Å². The Kier molecular flexibility index (Phi) is 1.74. The summed E-state index contributed by atoms with van der Waals surface area (Å²) in [7, 11) is 0. The Hall–Kier alpha value is -1.08. The van der Waals surface area contributed by atoms with Crippen molar-refractivity contribution in [1.82, 2.24) is 4.98 Å². The quantitative estimate of drug-likeness (QED) is 0.602. The largest absolute Gasteiger partial charge is 0.264 e. The van der Waals surface area contributed by atoms with Gasteiger partial charge in [0.1, 0.15) is 0 Å². The molecule has 0 saturated carbocycles. The Morgan fingerprint density at radius 1 is 1.17 bits per heavy atom. The first-order chi connectivity index (χ1) is 5.79. The number of hydrogen-bond acceptors (Lipinski definition) is 1. The second-order valence-electron chi connectivity index (χ2n) is 2.79. The average Bonchev–Trinajstić information content (AvgIpc) is 2.12. The van der Waals surface area contributed by atoms with E-state index in [-0.39, 0.29) is 0 Å². The molecule has 0 N–H and O–H groups in total. The van der Waals surface area contributed by atoms with E-state index in [4.69, 9.17) is 11.6 Å². The molecular formula is C10H8ClN. The molecule has 60 valence electrons. The van der Waals surface area contributed by atoms with E-state index >= 15 is 0 Å². The van der Waals surface area contributed by atoms with Crippen LogP contribution >= 0.6 is 11.6 Å². The van der Waals surface area contributed by atoms with Gasteiger partial charge in [-0.2, -0.15) is 0 Å². The van der Waals surface area contributed by atoms with E-state index in [1.807, 2.05) is 24.4 Å². The fraction of sp³-hybridized carbons (Fsp3) is 0.100. The molecule has 0 fully saturated rings. The fourth-order valence-electron chi connectivity index (χ4n) is 1.29. The molecule has 1 nitrogen and oxygen atoms in total. The number of pyridine rings is 1. The third-order valence-electron chi connectivity index (χ3n) is 1.98. The first-order valence-electron chi connectivity index (χ1n) is 3.78. The molecule has 0 aliphatic heterocycles. The number of halogens is 1. The van der Waals surface area contributed by atoms with Crippen molar-refractivity contribution >= 4 is 22.4 Å². The van der Waals surface area contributed by atoms with E-state index in [1.165, 1.54) is 5.56 Å². The molecule has 2 rings (SSSR count). The second kappa shape index (κ2) is 2.76. The van der Waals surface area contributed by atoms with Crippen LogP contribution in [0.15, 0.2) is 30.6 Å². The zero-order valence-corrected chi connectivity index (χ0v) is 7.47. The summed E-state index contributed by atoms with van der Waals surface area (Å²) >= 11 is 6.00. The Balaban J connectivity index is 2.95. The van der Waals surface area contributed by atoms with E-state index in [0.29, 0.717) is 0 Å². The number of hydrogen-bond donors (Lipinski definition) is 0. The SMILES string of the molecule is Cc1ccc(Cl)c2ccncc12. The van der Waals surface area contributed by atoms with Gasteiger partial charge in [0.15, 0.2) is 0 Å². The molecule has 0 bridgehead atoms. The maximum absolute atomic E-state index is 6.00. The standard InChI is InChI=1S/C10H8ClN/c1-7-2-3-10(11)8-4-5-12-6-9(7)8/h2-6H,1H3. The van der Waals surface area contributed by atoms with Crippen LogP contribution in [0, 0.1) is 6.92 Å². The molecule has 1 aromatic heterocycles. The van der Waals surface area contributed by atoms with Crippen LogP contribution < -0.4 is 0 Å². The zero-order valence-electron chi connectivity index (χ0n) is 6.71. The minimum Gasteiger partial charge on any atom is -0.264 e. The third-order valence-corrected chi connectivity index (χ3v) is 2.31. The van der Waals surface area contributed by atoms with Crippen LogP contribution in [0.1, 0.15) is 5.56 Å². The van der Waals surface area contributed by atoms with Crippen molar-refractivity contribution in [3.05, 3.63) is 41.2 Å². The predicted molar refractivity (Wildman–Crippen MR) is 51.5 cm³/mol. The highest BCUT2D eigenvalue weighted by Crippen LogP contribution is 2.24. The van der Waals surface area contributed by atoms with Gasteiger partial charge < -0.3 is 0 Å². The molecule has 0 aliphatic carbocycles. The van der Waals surface area contributed by atoms with Gasteiger partial charge in [0.2, 0.25) is 0 Å². The lowest BCUT2D eigenvalue weighted by Crippen LogP contribution is -1.80. The number of nitrogens with zero attached hydrogens (tertiary/aromatic N) is 1. The summed E-state index contributed by atoms with van der Waals surface area (Å²) in [6.07, 6.45) is 3.60. The molecule has 12 heavy (non-hydrogen) atoms. The molecule has 1 heterocycles. The van der Waals surface area contributed by atoms with Crippen molar-refractivity contribution in [2.45, 2.75) is 6.92 Å². The Morgan fingerprint density at radius 2 is 2.00 bits per heavy atom. The smallest absolute Gasteiger partial charge is 0.0485 e. The van der Waals surface area contributed by atoms with Gasteiger partial charge in [-0.25, -0.2) is 0 Å². The van der Waals surface area contributed by atoms with Gasteiger partial charge >= 0.3 is 0 Å². The van der Waals surface area contributed by atoms with Crippen molar-refractivity contribution in [2.75, 3.05) is 0 Å². The number of aryl methyl sites for hydroxylation is 1. The van der Waals surface area contributed by atoms with Gasteiger partial charge in [-0.3, -0.25) is 4.98 Å². The van der Waals surface area contributed by atoms with Gasteiger partial charge in [0.05, 0.1) is 0 Å². The summed E-state index contributed by atoms with van der Waals surface area (Å²) in [5, 5.41) is 3.00. The highest BCUT2D eigenvalue weighted by atomic mass is 35.5. The summed E-state index contributed by atoms with van der Waals surface area (Å²) in [4.78, 5) is 4.06. The maximum atomic E-state index is 6.00. The molecule has 1 aromatic carbocycles. The van der Waals surface area contributed by atoms with Crippen molar-refractivity contribution in [3.8, 4) is 0 Å². The minimum absolute atomic E-state index is 0.790. The monoisotopic (exact) mass is 177 g/mol. The van der Waals surface area contributed by atoms with Crippen LogP contribution in [0.3, 0.4) is 0 Å². The molecule has 0 radical (unpaired) electrons. The number of fused-ring (bicyclic) bond motifs is 1. The summed E-state index contributed by atoms with van der Waals surface area (Å²) in [6, 6.07) is 5.86. The highest BCUT2D eigenvalue weighted by Gasteiger charge is 1.99. The average molecular weight is 178 g/mol. The van der Waals surface area contributed by atoms with Gasteiger partial charge in [-0.05, 0) is 24.6 Å². The lowest BCUT2D eigenvalue weighted by atomic mass is 10.1. The van der Waals surface area contributed by atoms with Crippen LogP contribution in [0.5, 0.6) is 0 Å². The van der Waals surface area contributed by atoms with Gasteiger partial charge in [0, 0.05) is 28.2 Å². The zero-order chi connectivity index (χ0) is 8.55. The van der Waals surface area contributed by atoms with E-state index < -0.39 is 0 Å². The second-order valence-corrected chi connectivity index (χ2v) is 3.19. The molecule has 0 aliphatic rings. The topological polar surface area (TPSA) is 12.9 Å². The highest BCUT2D eigenvalue weighted by molar-refractivity contribution is 6.35. The van der Waals surface area contributed by atoms with Gasteiger partial charge in [-0.15, -0.1) is 0 Å². The lowest BCUT2D eigenvalue weighted by molar-refractivity contribution is 1.35. The van der Waals surface area contributed by atoms with E-state index in [2.05, 4.69) is 11.9 Å².